The molecule has 0 fully saturated rings. The highest BCUT2D eigenvalue weighted by molar-refractivity contribution is 6.93. The van der Waals surface area contributed by atoms with Gasteiger partial charge in [-0.3, -0.25) is 0 Å². The summed E-state index contributed by atoms with van der Waals surface area (Å²) in [5, 5.41) is 0. The SMILES string of the molecule is Cc1cc2c(cc1N1c3ccc(-c4ccccc4)cc3B3c4c(cc(C(C)(C)C)cc41)-c1ccc(-c4ccccc4)cc1N3c1cccc(-c3ccccc3)c1)C(C)(C)CCC2(C)C. The van der Waals surface area contributed by atoms with Crippen LogP contribution in [0.2, 0.25) is 0 Å². The summed E-state index contributed by atoms with van der Waals surface area (Å²) in [6.45, 7) is 19.1. The van der Waals surface area contributed by atoms with Gasteiger partial charge in [0.2, 0.25) is 0 Å². The molecule has 2 aliphatic heterocycles. The highest BCUT2D eigenvalue weighted by Crippen LogP contribution is 2.53. The van der Waals surface area contributed by atoms with Crippen LogP contribution in [0.15, 0.2) is 176 Å². The first-order valence-corrected chi connectivity index (χ1v) is 23.2. The Hall–Kier alpha value is -6.58. The van der Waals surface area contributed by atoms with Crippen LogP contribution in [0.5, 0.6) is 0 Å². The number of aryl methyl sites for hydroxylation is 1. The molecule has 8 aromatic rings. The molecule has 0 unspecified atom stereocenters. The lowest BCUT2D eigenvalue weighted by Gasteiger charge is -2.47. The minimum atomic E-state index is -0.119. The number of fused-ring (bicyclic) bond motifs is 5. The molecule has 2 nitrogen and oxygen atoms in total. The van der Waals surface area contributed by atoms with Crippen molar-refractivity contribution in [2.45, 2.75) is 84.5 Å². The summed E-state index contributed by atoms with van der Waals surface area (Å²) in [4.78, 5) is 5.33. The van der Waals surface area contributed by atoms with Gasteiger partial charge in [0.1, 0.15) is 0 Å². The summed E-state index contributed by atoms with van der Waals surface area (Å²) in [6.07, 6.45) is 2.36. The Morgan fingerprint density at radius 2 is 1.00 bits per heavy atom. The van der Waals surface area contributed by atoms with Crippen molar-refractivity contribution in [2.24, 2.45) is 0 Å². The first kappa shape index (κ1) is 40.2. The van der Waals surface area contributed by atoms with Gasteiger partial charge in [0.15, 0.2) is 0 Å². The van der Waals surface area contributed by atoms with Crippen LogP contribution in [0.3, 0.4) is 0 Å². The molecule has 64 heavy (non-hydrogen) atoms. The first-order chi connectivity index (χ1) is 30.8. The highest BCUT2D eigenvalue weighted by atomic mass is 15.2. The maximum absolute atomic E-state index is 2.67. The molecule has 0 spiro atoms. The van der Waals surface area contributed by atoms with Crippen molar-refractivity contribution in [3.05, 3.63) is 198 Å². The average Bonchev–Trinajstić information content (AvgIpc) is 3.31. The summed E-state index contributed by atoms with van der Waals surface area (Å²) in [5.41, 5.74) is 24.4. The molecule has 0 saturated heterocycles. The zero-order valence-electron chi connectivity index (χ0n) is 38.6. The summed E-state index contributed by atoms with van der Waals surface area (Å²) in [6, 6.07) is 66.5. The van der Waals surface area contributed by atoms with E-state index in [1.807, 2.05) is 0 Å². The van der Waals surface area contributed by atoms with Gasteiger partial charge in [-0.2, -0.15) is 0 Å². The third kappa shape index (κ3) is 6.54. The van der Waals surface area contributed by atoms with E-state index in [4.69, 9.17) is 0 Å². The molecule has 314 valence electrons. The van der Waals surface area contributed by atoms with E-state index >= 15 is 0 Å². The van der Waals surface area contributed by atoms with Crippen LogP contribution < -0.4 is 20.6 Å². The van der Waals surface area contributed by atoms with Crippen LogP contribution in [-0.2, 0) is 16.2 Å². The molecule has 2 heterocycles. The molecule has 1 aliphatic carbocycles. The van der Waals surface area contributed by atoms with Crippen molar-refractivity contribution in [1.82, 2.24) is 0 Å². The van der Waals surface area contributed by atoms with Crippen molar-refractivity contribution in [2.75, 3.05) is 9.71 Å². The lowest BCUT2D eigenvalue weighted by molar-refractivity contribution is 0.332. The summed E-state index contributed by atoms with van der Waals surface area (Å²) >= 11 is 0. The number of hydrogen-bond donors (Lipinski definition) is 0. The van der Waals surface area contributed by atoms with Crippen LogP contribution >= 0.6 is 0 Å². The largest absolute Gasteiger partial charge is 0.376 e. The monoisotopic (exact) mass is 828 g/mol. The number of rotatable bonds is 5. The standard InChI is InChI=1S/C61H57BN2/c1-40-33-51-52(61(7,8)32-31-60(51,5)6)39-55(40)63-54-30-28-45(42-21-14-10-15-22-42)35-53(54)62-58-50(37-47(38-57(58)63)59(2,3)4)49-29-27-46(43-23-16-11-17-24-43)36-56(49)64(62)48-26-18-25-44(34-48)41-19-12-9-13-20-41/h9-30,33-39H,31-32H2,1-8H3. The molecule has 11 rings (SSSR count). The molecule has 0 atom stereocenters. The number of benzene rings is 8. The summed E-state index contributed by atoms with van der Waals surface area (Å²) in [7, 11) is 0. The predicted molar refractivity (Wildman–Crippen MR) is 275 cm³/mol. The lowest BCUT2D eigenvalue weighted by Crippen LogP contribution is -2.61. The van der Waals surface area contributed by atoms with Crippen LogP contribution in [0.1, 0.15) is 83.6 Å². The number of anilines is 5. The van der Waals surface area contributed by atoms with E-state index in [2.05, 4.69) is 241 Å². The fourth-order valence-electron chi connectivity index (χ4n) is 11.0. The maximum Gasteiger partial charge on any atom is 0.333 e. The van der Waals surface area contributed by atoms with Gasteiger partial charge in [0.05, 0.1) is 0 Å². The molecule has 0 saturated carbocycles. The molecule has 0 bridgehead atoms. The van der Waals surface area contributed by atoms with Gasteiger partial charge in [-0.25, -0.2) is 0 Å². The minimum absolute atomic E-state index is 0.0638. The van der Waals surface area contributed by atoms with E-state index in [1.165, 1.54) is 119 Å². The van der Waals surface area contributed by atoms with Crippen LogP contribution in [0, 0.1) is 6.92 Å². The molecule has 3 aliphatic rings. The van der Waals surface area contributed by atoms with Gasteiger partial charge in [-0.15, -0.1) is 0 Å². The van der Waals surface area contributed by atoms with E-state index in [0.29, 0.717) is 0 Å². The van der Waals surface area contributed by atoms with Gasteiger partial charge in [0.25, 0.3) is 0 Å². The molecular weight excluding hydrogens is 771 g/mol. The average molecular weight is 829 g/mol. The molecule has 0 amide bonds. The third-order valence-corrected chi connectivity index (χ3v) is 14.8. The van der Waals surface area contributed by atoms with Gasteiger partial charge in [-0.05, 0) is 145 Å². The third-order valence-electron chi connectivity index (χ3n) is 14.8. The van der Waals surface area contributed by atoms with Crippen LogP contribution in [0.4, 0.5) is 28.4 Å². The molecular formula is C61H57BN2. The van der Waals surface area contributed by atoms with E-state index in [0.717, 1.165) is 0 Å². The minimum Gasteiger partial charge on any atom is -0.376 e. The Kier molecular flexibility index (Phi) is 9.26. The Morgan fingerprint density at radius 3 is 1.61 bits per heavy atom. The summed E-state index contributed by atoms with van der Waals surface area (Å²) in [5.74, 6) is 0. The molecule has 0 radical (unpaired) electrons. The van der Waals surface area contributed by atoms with Crippen molar-refractivity contribution < 1.29 is 0 Å². The Bertz CT molecular complexity index is 3100. The number of hydrogen-bond acceptors (Lipinski definition) is 2. The normalized spacial score (nSPS) is 15.5. The van der Waals surface area contributed by atoms with Crippen LogP contribution in [-0.4, -0.2) is 6.85 Å². The summed E-state index contributed by atoms with van der Waals surface area (Å²) < 4.78 is 0. The van der Waals surface area contributed by atoms with Gasteiger partial charge in [-0.1, -0.05) is 188 Å². The second-order valence-electron chi connectivity index (χ2n) is 20.9. The second-order valence-corrected chi connectivity index (χ2v) is 20.9. The van der Waals surface area contributed by atoms with Gasteiger partial charge in [0, 0.05) is 34.0 Å². The van der Waals surface area contributed by atoms with Crippen molar-refractivity contribution in [1.29, 1.82) is 0 Å². The Balaban J connectivity index is 1.26. The lowest BCUT2D eigenvalue weighted by atomic mass is 9.43. The zero-order valence-corrected chi connectivity index (χ0v) is 38.6. The second kappa shape index (κ2) is 14.7. The Labute approximate surface area is 381 Å². The zero-order chi connectivity index (χ0) is 44.1. The van der Waals surface area contributed by atoms with E-state index < -0.39 is 0 Å². The van der Waals surface area contributed by atoms with Crippen molar-refractivity contribution in [3.8, 4) is 44.5 Å². The topological polar surface area (TPSA) is 6.48 Å². The van der Waals surface area contributed by atoms with E-state index in [1.54, 1.807) is 0 Å². The number of nitrogens with zero attached hydrogens (tertiary/aromatic N) is 2. The smallest absolute Gasteiger partial charge is 0.333 e. The molecule has 3 heteroatoms. The Morgan fingerprint density at radius 1 is 0.453 bits per heavy atom. The maximum atomic E-state index is 2.67. The molecule has 0 N–H and O–H groups in total. The van der Waals surface area contributed by atoms with E-state index in [-0.39, 0.29) is 23.1 Å². The molecule has 8 aromatic carbocycles. The quantitative estimate of drug-likeness (QED) is 0.160. The molecule has 0 aromatic heterocycles. The highest BCUT2D eigenvalue weighted by Gasteiger charge is 2.47. The van der Waals surface area contributed by atoms with E-state index in [9.17, 15) is 0 Å². The first-order valence-electron chi connectivity index (χ1n) is 23.2. The fourth-order valence-corrected chi connectivity index (χ4v) is 11.0. The predicted octanol–water partition coefficient (Wildman–Crippen LogP) is 15.4. The van der Waals surface area contributed by atoms with Crippen molar-refractivity contribution >= 4 is 46.2 Å². The van der Waals surface area contributed by atoms with Crippen LogP contribution in [0.25, 0.3) is 44.5 Å². The van der Waals surface area contributed by atoms with Gasteiger partial charge >= 0.3 is 6.85 Å². The van der Waals surface area contributed by atoms with Gasteiger partial charge < -0.3 is 9.71 Å². The van der Waals surface area contributed by atoms with Crippen molar-refractivity contribution in [3.63, 3.8) is 0 Å². The fraction of sp³-hybridized carbons (Fsp3) is 0.213.